The molecule has 0 N–H and O–H groups in total. The second kappa shape index (κ2) is 7.03. The summed E-state index contributed by atoms with van der Waals surface area (Å²) in [7, 11) is 0. The number of nitrogens with zero attached hydrogens (tertiary/aromatic N) is 2. The Kier molecular flexibility index (Phi) is 4.86. The molecule has 3 rings (SSSR count). The molecule has 0 unspecified atom stereocenters. The molecule has 0 aromatic carbocycles. The van der Waals surface area contributed by atoms with Crippen LogP contribution in [0.25, 0.3) is 0 Å². The van der Waals surface area contributed by atoms with Crippen LogP contribution in [0.5, 0.6) is 0 Å². The minimum atomic E-state index is 0.0515. The van der Waals surface area contributed by atoms with Gasteiger partial charge < -0.3 is 9.64 Å². The summed E-state index contributed by atoms with van der Waals surface area (Å²) >= 11 is 0. The van der Waals surface area contributed by atoms with Gasteiger partial charge in [-0.1, -0.05) is 25.3 Å². The third kappa shape index (κ3) is 3.62. The number of pyridine rings is 1. The number of carbonyl (C=O) groups excluding carboxylic acids is 1. The first kappa shape index (κ1) is 14.5. The SMILES string of the molecule is O=C([C@@H]1CCOC1)N(Cc1ccccn1)C1CCCCC1. The van der Waals surface area contributed by atoms with Crippen LogP contribution in [0.2, 0.25) is 0 Å². The van der Waals surface area contributed by atoms with Gasteiger partial charge in [-0.25, -0.2) is 0 Å². The Bertz CT molecular complexity index is 451. The van der Waals surface area contributed by atoms with Gasteiger partial charge in [-0.3, -0.25) is 9.78 Å². The Hall–Kier alpha value is -1.42. The fourth-order valence-corrected chi connectivity index (χ4v) is 3.41. The quantitative estimate of drug-likeness (QED) is 0.855. The summed E-state index contributed by atoms with van der Waals surface area (Å²) in [5, 5.41) is 0. The van der Waals surface area contributed by atoms with E-state index in [1.165, 1.54) is 19.3 Å². The molecule has 4 nitrogen and oxygen atoms in total. The molecule has 1 aromatic rings. The Morgan fingerprint density at radius 1 is 1.24 bits per heavy atom. The van der Waals surface area contributed by atoms with Crippen molar-refractivity contribution >= 4 is 5.91 Å². The zero-order valence-corrected chi connectivity index (χ0v) is 12.5. The van der Waals surface area contributed by atoms with Gasteiger partial charge in [0.05, 0.1) is 24.8 Å². The van der Waals surface area contributed by atoms with Crippen molar-refractivity contribution < 1.29 is 9.53 Å². The van der Waals surface area contributed by atoms with Gasteiger partial charge in [-0.2, -0.15) is 0 Å². The predicted molar refractivity (Wildman–Crippen MR) is 80.6 cm³/mol. The van der Waals surface area contributed by atoms with Gasteiger partial charge in [-0.05, 0) is 31.4 Å². The minimum absolute atomic E-state index is 0.0515. The second-order valence-electron chi connectivity index (χ2n) is 6.14. The van der Waals surface area contributed by atoms with Crippen molar-refractivity contribution in [2.24, 2.45) is 5.92 Å². The normalized spacial score (nSPS) is 23.1. The summed E-state index contributed by atoms with van der Waals surface area (Å²) in [6, 6.07) is 6.30. The van der Waals surface area contributed by atoms with Crippen molar-refractivity contribution in [2.45, 2.75) is 51.1 Å². The summed E-state index contributed by atoms with van der Waals surface area (Å²) < 4.78 is 5.40. The largest absolute Gasteiger partial charge is 0.381 e. The molecule has 1 atom stereocenters. The number of amides is 1. The first-order chi connectivity index (χ1) is 10.3. The van der Waals surface area contributed by atoms with Crippen LogP contribution in [0.1, 0.15) is 44.2 Å². The van der Waals surface area contributed by atoms with Crippen LogP contribution >= 0.6 is 0 Å². The molecule has 0 bridgehead atoms. The lowest BCUT2D eigenvalue weighted by atomic mass is 9.92. The first-order valence-electron chi connectivity index (χ1n) is 8.13. The highest BCUT2D eigenvalue weighted by atomic mass is 16.5. The average molecular weight is 288 g/mol. The molecule has 0 spiro atoms. The third-order valence-electron chi connectivity index (χ3n) is 4.64. The standard InChI is InChI=1S/C17H24N2O2/c20-17(14-9-11-21-13-14)19(16-7-2-1-3-8-16)12-15-6-4-5-10-18-15/h4-6,10,14,16H,1-3,7-9,11-13H2/t14-/m1/s1. The zero-order chi connectivity index (χ0) is 14.5. The summed E-state index contributed by atoms with van der Waals surface area (Å²) in [4.78, 5) is 19.3. The topological polar surface area (TPSA) is 42.4 Å². The van der Waals surface area contributed by atoms with E-state index in [0.717, 1.165) is 31.6 Å². The van der Waals surface area contributed by atoms with Gasteiger partial charge in [0.1, 0.15) is 0 Å². The van der Waals surface area contributed by atoms with Gasteiger partial charge in [-0.15, -0.1) is 0 Å². The lowest BCUT2D eigenvalue weighted by Gasteiger charge is -2.35. The molecule has 2 heterocycles. The van der Waals surface area contributed by atoms with E-state index in [-0.39, 0.29) is 11.8 Å². The van der Waals surface area contributed by atoms with Crippen LogP contribution in [-0.2, 0) is 16.1 Å². The van der Waals surface area contributed by atoms with Crippen molar-refractivity contribution in [3.63, 3.8) is 0 Å². The Labute approximate surface area is 126 Å². The molecule has 1 aliphatic heterocycles. The number of aromatic nitrogens is 1. The molecular formula is C17H24N2O2. The van der Waals surface area contributed by atoms with Gasteiger partial charge >= 0.3 is 0 Å². The summed E-state index contributed by atoms with van der Waals surface area (Å²) in [6.45, 7) is 1.95. The maximum absolute atomic E-state index is 12.9. The molecule has 1 aliphatic carbocycles. The lowest BCUT2D eigenvalue weighted by Crippen LogP contribution is -2.44. The van der Waals surface area contributed by atoms with Crippen molar-refractivity contribution in [3.05, 3.63) is 30.1 Å². The highest BCUT2D eigenvalue weighted by Crippen LogP contribution is 2.27. The van der Waals surface area contributed by atoms with Gasteiger partial charge in [0, 0.05) is 18.8 Å². The highest BCUT2D eigenvalue weighted by molar-refractivity contribution is 5.79. The molecule has 0 radical (unpaired) electrons. The molecule has 2 aliphatic rings. The van der Waals surface area contributed by atoms with Crippen LogP contribution in [-0.4, -0.2) is 35.0 Å². The molecule has 21 heavy (non-hydrogen) atoms. The maximum Gasteiger partial charge on any atom is 0.228 e. The highest BCUT2D eigenvalue weighted by Gasteiger charge is 2.32. The molecule has 1 saturated carbocycles. The van der Waals surface area contributed by atoms with Crippen molar-refractivity contribution in [2.75, 3.05) is 13.2 Å². The third-order valence-corrected chi connectivity index (χ3v) is 4.64. The van der Waals surface area contributed by atoms with Gasteiger partial charge in [0.15, 0.2) is 0 Å². The molecule has 1 aromatic heterocycles. The number of rotatable bonds is 4. The smallest absolute Gasteiger partial charge is 0.228 e. The molecule has 2 fully saturated rings. The lowest BCUT2D eigenvalue weighted by molar-refractivity contribution is -0.139. The number of hydrogen-bond acceptors (Lipinski definition) is 3. The van der Waals surface area contributed by atoms with E-state index in [2.05, 4.69) is 9.88 Å². The van der Waals surface area contributed by atoms with E-state index in [9.17, 15) is 4.79 Å². The van der Waals surface area contributed by atoms with Crippen molar-refractivity contribution in [1.29, 1.82) is 0 Å². The number of hydrogen-bond donors (Lipinski definition) is 0. The molecule has 1 saturated heterocycles. The van der Waals surface area contributed by atoms with Crippen molar-refractivity contribution in [3.8, 4) is 0 Å². The van der Waals surface area contributed by atoms with Gasteiger partial charge in [0.2, 0.25) is 5.91 Å². The zero-order valence-electron chi connectivity index (χ0n) is 12.5. The van der Waals surface area contributed by atoms with Crippen LogP contribution < -0.4 is 0 Å². The van der Waals surface area contributed by atoms with Crippen LogP contribution in [0.4, 0.5) is 0 Å². The number of carbonyl (C=O) groups is 1. The van der Waals surface area contributed by atoms with Gasteiger partial charge in [0.25, 0.3) is 0 Å². The van der Waals surface area contributed by atoms with E-state index >= 15 is 0 Å². The summed E-state index contributed by atoms with van der Waals surface area (Å²) in [5.41, 5.74) is 0.982. The van der Waals surface area contributed by atoms with E-state index in [1.807, 2.05) is 18.2 Å². The van der Waals surface area contributed by atoms with E-state index < -0.39 is 0 Å². The van der Waals surface area contributed by atoms with Crippen LogP contribution in [0.3, 0.4) is 0 Å². The fraction of sp³-hybridized carbons (Fsp3) is 0.647. The summed E-state index contributed by atoms with van der Waals surface area (Å²) in [5.74, 6) is 0.320. The Balaban J connectivity index is 1.74. The minimum Gasteiger partial charge on any atom is -0.381 e. The monoisotopic (exact) mass is 288 g/mol. The number of ether oxygens (including phenoxy) is 1. The Morgan fingerprint density at radius 3 is 2.76 bits per heavy atom. The maximum atomic E-state index is 12.9. The fourth-order valence-electron chi connectivity index (χ4n) is 3.41. The Morgan fingerprint density at radius 2 is 2.10 bits per heavy atom. The molecule has 114 valence electrons. The first-order valence-corrected chi connectivity index (χ1v) is 8.13. The predicted octanol–water partition coefficient (Wildman–Crippen LogP) is 2.78. The van der Waals surface area contributed by atoms with E-state index in [0.29, 0.717) is 19.2 Å². The van der Waals surface area contributed by atoms with Crippen LogP contribution in [0.15, 0.2) is 24.4 Å². The summed E-state index contributed by atoms with van der Waals surface area (Å²) in [6.07, 6.45) is 8.70. The van der Waals surface area contributed by atoms with Crippen LogP contribution in [0, 0.1) is 5.92 Å². The van der Waals surface area contributed by atoms with Crippen molar-refractivity contribution in [1.82, 2.24) is 9.88 Å². The second-order valence-corrected chi connectivity index (χ2v) is 6.14. The molecule has 1 amide bonds. The molecule has 4 heteroatoms. The molecular weight excluding hydrogens is 264 g/mol. The average Bonchev–Trinajstić information content (AvgIpc) is 3.08. The van der Waals surface area contributed by atoms with E-state index in [4.69, 9.17) is 4.74 Å². The van der Waals surface area contributed by atoms with E-state index in [1.54, 1.807) is 6.20 Å².